The van der Waals surface area contributed by atoms with Crippen molar-refractivity contribution >= 4 is 28.7 Å². The Hall–Kier alpha value is -2.83. The number of piperidine rings is 1. The fraction of sp³-hybridized carbons (Fsp3) is 0.500. The minimum Gasteiger partial charge on any atom is -0.465 e. The Bertz CT molecular complexity index is 964. The molecule has 0 saturated carbocycles. The summed E-state index contributed by atoms with van der Waals surface area (Å²) in [7, 11) is 1.37. The molecule has 2 aliphatic heterocycles. The molecule has 1 aromatic heterocycles. The molecule has 0 bridgehead atoms. The quantitative estimate of drug-likeness (QED) is 0.807. The van der Waals surface area contributed by atoms with Crippen LogP contribution in [0.25, 0.3) is 10.9 Å². The minimum atomic E-state index is -0.374. The van der Waals surface area contributed by atoms with Crippen molar-refractivity contribution in [1.82, 2.24) is 14.8 Å². The van der Waals surface area contributed by atoms with Crippen LogP contribution in [-0.2, 0) is 27.3 Å². The van der Waals surface area contributed by atoms with Crippen LogP contribution in [0.1, 0.15) is 54.2 Å². The molecular formula is C22H27N3O4. The van der Waals surface area contributed by atoms with Crippen molar-refractivity contribution < 1.29 is 19.1 Å². The Labute approximate surface area is 170 Å². The topological polar surface area (TPSA) is 82.7 Å². The SMILES string of the molecule is CCC(=O)N1CCCC[C@H]1C(=O)N1CCc2[nH]c3ccc(C(=O)OC)cc3c2C1. The summed E-state index contributed by atoms with van der Waals surface area (Å²) in [6, 6.07) is 5.11. The Morgan fingerprint density at radius 2 is 2.03 bits per heavy atom. The fourth-order valence-electron chi connectivity index (χ4n) is 4.55. The predicted molar refractivity (Wildman–Crippen MR) is 108 cm³/mol. The third-order valence-corrected chi connectivity index (χ3v) is 6.12. The van der Waals surface area contributed by atoms with E-state index in [1.165, 1.54) is 7.11 Å². The standard InChI is InChI=1S/C22H27N3O4/c1-3-20(26)25-10-5-4-6-19(25)21(27)24-11-9-18-16(13-24)15-12-14(22(28)29-2)7-8-17(15)23-18/h7-8,12,19,23H,3-6,9-11,13H2,1-2H3/t19-/m0/s1. The van der Waals surface area contributed by atoms with Gasteiger partial charge in [0.05, 0.1) is 12.7 Å². The maximum absolute atomic E-state index is 13.3. The van der Waals surface area contributed by atoms with E-state index in [1.807, 2.05) is 24.0 Å². The van der Waals surface area contributed by atoms with Crippen LogP contribution in [0.15, 0.2) is 18.2 Å². The molecule has 1 fully saturated rings. The number of methoxy groups -OCH3 is 1. The zero-order chi connectivity index (χ0) is 20.5. The Balaban J connectivity index is 1.61. The molecule has 2 aromatic rings. The number of ether oxygens (including phenoxy) is 1. The van der Waals surface area contributed by atoms with Crippen molar-refractivity contribution in [2.24, 2.45) is 0 Å². The molecule has 4 rings (SSSR count). The van der Waals surface area contributed by atoms with Crippen molar-refractivity contribution in [3.05, 3.63) is 35.0 Å². The molecule has 2 aliphatic rings. The summed E-state index contributed by atoms with van der Waals surface area (Å²) in [5.74, 6) is -0.285. The van der Waals surface area contributed by atoms with E-state index in [1.54, 1.807) is 11.0 Å². The number of rotatable bonds is 3. The van der Waals surface area contributed by atoms with Gasteiger partial charge in [0.2, 0.25) is 11.8 Å². The van der Waals surface area contributed by atoms with Crippen LogP contribution in [0.2, 0.25) is 0 Å². The van der Waals surface area contributed by atoms with Gasteiger partial charge < -0.3 is 19.5 Å². The maximum Gasteiger partial charge on any atom is 0.337 e. The third kappa shape index (κ3) is 3.50. The summed E-state index contributed by atoms with van der Waals surface area (Å²) in [5.41, 5.74) is 3.61. The molecule has 7 nitrogen and oxygen atoms in total. The minimum absolute atomic E-state index is 0.0376. The van der Waals surface area contributed by atoms with E-state index in [9.17, 15) is 14.4 Å². The molecule has 154 valence electrons. The van der Waals surface area contributed by atoms with E-state index in [2.05, 4.69) is 4.98 Å². The van der Waals surface area contributed by atoms with Crippen LogP contribution < -0.4 is 0 Å². The first-order valence-electron chi connectivity index (χ1n) is 10.3. The first-order chi connectivity index (χ1) is 14.0. The van der Waals surface area contributed by atoms with Crippen LogP contribution in [0.4, 0.5) is 0 Å². The van der Waals surface area contributed by atoms with Gasteiger partial charge in [0.1, 0.15) is 6.04 Å². The second-order valence-electron chi connectivity index (χ2n) is 7.80. The largest absolute Gasteiger partial charge is 0.465 e. The van der Waals surface area contributed by atoms with Gasteiger partial charge in [0.15, 0.2) is 0 Å². The number of amides is 2. The van der Waals surface area contributed by atoms with E-state index in [0.29, 0.717) is 31.6 Å². The van der Waals surface area contributed by atoms with E-state index in [4.69, 9.17) is 4.74 Å². The number of esters is 1. The van der Waals surface area contributed by atoms with Crippen molar-refractivity contribution in [3.63, 3.8) is 0 Å². The number of carbonyl (C=O) groups is 3. The summed E-state index contributed by atoms with van der Waals surface area (Å²) in [4.78, 5) is 44.6. The number of aromatic nitrogens is 1. The van der Waals surface area contributed by atoms with Crippen molar-refractivity contribution in [3.8, 4) is 0 Å². The number of hydrogen-bond donors (Lipinski definition) is 1. The molecule has 7 heteroatoms. The number of H-pyrrole nitrogens is 1. The van der Waals surface area contributed by atoms with Gasteiger partial charge in [0, 0.05) is 54.6 Å². The smallest absolute Gasteiger partial charge is 0.337 e. The van der Waals surface area contributed by atoms with E-state index >= 15 is 0 Å². The highest BCUT2D eigenvalue weighted by molar-refractivity contribution is 5.96. The monoisotopic (exact) mass is 397 g/mol. The number of nitrogens with one attached hydrogen (secondary N) is 1. The predicted octanol–water partition coefficient (Wildman–Crippen LogP) is 2.63. The van der Waals surface area contributed by atoms with Gasteiger partial charge in [-0.25, -0.2) is 4.79 Å². The van der Waals surface area contributed by atoms with Crippen molar-refractivity contribution in [2.45, 2.75) is 51.6 Å². The summed E-state index contributed by atoms with van der Waals surface area (Å²) < 4.78 is 4.84. The van der Waals surface area contributed by atoms with Gasteiger partial charge in [-0.1, -0.05) is 6.92 Å². The number of carbonyl (C=O) groups excluding carboxylic acids is 3. The number of aromatic amines is 1. The highest BCUT2D eigenvalue weighted by atomic mass is 16.5. The summed E-state index contributed by atoms with van der Waals surface area (Å²) >= 11 is 0. The molecule has 0 unspecified atom stereocenters. The molecule has 0 aliphatic carbocycles. The number of fused-ring (bicyclic) bond motifs is 3. The molecule has 2 amide bonds. The average molecular weight is 397 g/mol. The van der Waals surface area contributed by atoms with Crippen LogP contribution in [0, 0.1) is 0 Å². The molecule has 3 heterocycles. The molecule has 1 atom stereocenters. The van der Waals surface area contributed by atoms with E-state index in [-0.39, 0.29) is 23.8 Å². The van der Waals surface area contributed by atoms with Crippen LogP contribution in [0.5, 0.6) is 0 Å². The average Bonchev–Trinajstić information content (AvgIpc) is 3.14. The van der Waals surface area contributed by atoms with Gasteiger partial charge in [-0.15, -0.1) is 0 Å². The van der Waals surface area contributed by atoms with E-state index in [0.717, 1.165) is 47.8 Å². The molecule has 1 N–H and O–H groups in total. The lowest BCUT2D eigenvalue weighted by molar-refractivity contribution is -0.148. The fourth-order valence-corrected chi connectivity index (χ4v) is 4.55. The summed E-state index contributed by atoms with van der Waals surface area (Å²) in [6.07, 6.45) is 3.82. The highest BCUT2D eigenvalue weighted by Crippen LogP contribution is 2.30. The summed E-state index contributed by atoms with van der Waals surface area (Å²) in [6.45, 7) is 3.63. The Morgan fingerprint density at radius 3 is 2.79 bits per heavy atom. The van der Waals surface area contributed by atoms with Gasteiger partial charge in [0.25, 0.3) is 0 Å². The van der Waals surface area contributed by atoms with Gasteiger partial charge >= 0.3 is 5.97 Å². The molecule has 1 aromatic carbocycles. The first kappa shape index (κ1) is 19.5. The molecule has 29 heavy (non-hydrogen) atoms. The molecule has 0 radical (unpaired) electrons. The second-order valence-corrected chi connectivity index (χ2v) is 7.80. The van der Waals surface area contributed by atoms with Gasteiger partial charge in [-0.2, -0.15) is 0 Å². The third-order valence-electron chi connectivity index (χ3n) is 6.12. The molecular weight excluding hydrogens is 370 g/mol. The zero-order valence-electron chi connectivity index (χ0n) is 17.0. The van der Waals surface area contributed by atoms with Crippen LogP contribution in [0.3, 0.4) is 0 Å². The van der Waals surface area contributed by atoms with Crippen molar-refractivity contribution in [2.75, 3.05) is 20.2 Å². The van der Waals surface area contributed by atoms with Gasteiger partial charge in [-0.05, 0) is 37.5 Å². The lowest BCUT2D eigenvalue weighted by Gasteiger charge is -2.38. The lowest BCUT2D eigenvalue weighted by Crippen LogP contribution is -2.53. The van der Waals surface area contributed by atoms with Crippen LogP contribution in [-0.4, -0.2) is 58.8 Å². The number of nitrogens with zero attached hydrogens (tertiary/aromatic N) is 2. The van der Waals surface area contributed by atoms with E-state index < -0.39 is 0 Å². The normalized spacial score (nSPS) is 19.2. The van der Waals surface area contributed by atoms with Crippen molar-refractivity contribution in [1.29, 1.82) is 0 Å². The lowest BCUT2D eigenvalue weighted by atomic mass is 9.98. The summed E-state index contributed by atoms with van der Waals surface area (Å²) in [5, 5.41) is 0.950. The van der Waals surface area contributed by atoms with Gasteiger partial charge in [-0.3, -0.25) is 9.59 Å². The second kappa shape index (κ2) is 7.89. The molecule has 1 saturated heterocycles. The zero-order valence-corrected chi connectivity index (χ0v) is 17.0. The van der Waals surface area contributed by atoms with Crippen LogP contribution >= 0.6 is 0 Å². The Morgan fingerprint density at radius 1 is 1.21 bits per heavy atom. The molecule has 0 spiro atoms. The highest BCUT2D eigenvalue weighted by Gasteiger charge is 2.35. The maximum atomic E-state index is 13.3. The number of hydrogen-bond acceptors (Lipinski definition) is 4. The number of benzene rings is 1. The first-order valence-corrected chi connectivity index (χ1v) is 10.3. The number of likely N-dealkylation sites (tertiary alicyclic amines) is 1. The Kier molecular flexibility index (Phi) is 5.30.